The summed E-state index contributed by atoms with van der Waals surface area (Å²) in [6.07, 6.45) is 1.42. The van der Waals surface area contributed by atoms with Gasteiger partial charge in [-0.1, -0.05) is 23.6 Å². The highest BCUT2D eigenvalue weighted by Gasteiger charge is 2.21. The first kappa shape index (κ1) is 15.0. The average Bonchev–Trinajstić information content (AvgIpc) is 2.34. The Balaban J connectivity index is 3.07. The number of thioether (sulfide) groups is 1. The van der Waals surface area contributed by atoms with Gasteiger partial charge in [0.05, 0.1) is 23.3 Å². The summed E-state index contributed by atoms with van der Waals surface area (Å²) >= 11 is 1.08. The third kappa shape index (κ3) is 3.96. The fourth-order valence-corrected chi connectivity index (χ4v) is 1.68. The molecule has 19 heavy (non-hydrogen) atoms. The summed E-state index contributed by atoms with van der Waals surface area (Å²) in [5.41, 5.74) is 0.669. The molecule has 0 aliphatic heterocycles. The van der Waals surface area contributed by atoms with Crippen molar-refractivity contribution >= 4 is 22.6 Å². The lowest BCUT2D eigenvalue weighted by atomic mass is 10.1. The van der Waals surface area contributed by atoms with Crippen LogP contribution < -0.4 is 4.74 Å². The van der Waals surface area contributed by atoms with E-state index in [9.17, 15) is 14.9 Å². The van der Waals surface area contributed by atoms with Crippen molar-refractivity contribution in [1.29, 1.82) is 0 Å². The second-order valence-corrected chi connectivity index (χ2v) is 4.65. The van der Waals surface area contributed by atoms with E-state index in [0.29, 0.717) is 16.9 Å². The topological polar surface area (TPSA) is 82.3 Å². The quantitative estimate of drug-likeness (QED) is 0.478. The molecule has 1 heterocycles. The molecular formula is C12H12N2O4S. The summed E-state index contributed by atoms with van der Waals surface area (Å²) in [5, 5.41) is 10.9. The Labute approximate surface area is 114 Å². The van der Waals surface area contributed by atoms with E-state index in [0.717, 1.165) is 11.8 Å². The van der Waals surface area contributed by atoms with Crippen LogP contribution in [0.3, 0.4) is 0 Å². The van der Waals surface area contributed by atoms with Gasteiger partial charge in [0.2, 0.25) is 0 Å². The predicted molar refractivity (Wildman–Crippen MR) is 72.2 cm³/mol. The molecule has 100 valence electrons. The fourth-order valence-electron chi connectivity index (χ4n) is 1.33. The van der Waals surface area contributed by atoms with Gasteiger partial charge in [-0.15, -0.1) is 0 Å². The largest absolute Gasteiger partial charge is 0.476 e. The van der Waals surface area contributed by atoms with E-state index in [-0.39, 0.29) is 16.7 Å². The molecule has 0 aliphatic rings. The number of hydrogen-bond acceptors (Lipinski definition) is 6. The predicted octanol–water partition coefficient (Wildman–Crippen LogP) is 1.94. The SMILES string of the molecule is COc1ncc(C#CCSC(C)=O)c(C)c1[N+](=O)[O-]. The number of hydrogen-bond donors (Lipinski definition) is 0. The molecule has 0 aliphatic carbocycles. The summed E-state index contributed by atoms with van der Waals surface area (Å²) in [6, 6.07) is 0. The Bertz CT molecular complexity index is 575. The van der Waals surface area contributed by atoms with Crippen molar-refractivity contribution < 1.29 is 14.5 Å². The van der Waals surface area contributed by atoms with Gasteiger partial charge in [-0.3, -0.25) is 14.9 Å². The number of rotatable bonds is 3. The number of nitrogens with zero attached hydrogens (tertiary/aromatic N) is 2. The number of ether oxygens (including phenoxy) is 1. The zero-order chi connectivity index (χ0) is 14.4. The van der Waals surface area contributed by atoms with Crippen LogP contribution in [0.2, 0.25) is 0 Å². The van der Waals surface area contributed by atoms with Crippen LogP contribution in [0, 0.1) is 28.9 Å². The van der Waals surface area contributed by atoms with Crippen molar-refractivity contribution in [2.24, 2.45) is 0 Å². The van der Waals surface area contributed by atoms with E-state index in [1.165, 1.54) is 20.2 Å². The standard InChI is InChI=1S/C12H12N2O4S/c1-8-10(5-4-6-19-9(2)15)7-13-12(18-3)11(8)14(16)17/h7H,6H2,1-3H3. The molecule has 7 heteroatoms. The molecule has 0 fully saturated rings. The molecule has 0 radical (unpaired) electrons. The highest BCUT2D eigenvalue weighted by Crippen LogP contribution is 2.29. The van der Waals surface area contributed by atoms with Gasteiger partial charge >= 0.3 is 5.69 Å². The van der Waals surface area contributed by atoms with Crippen molar-refractivity contribution in [1.82, 2.24) is 4.98 Å². The maximum atomic E-state index is 11.0. The van der Waals surface area contributed by atoms with Crippen molar-refractivity contribution in [3.63, 3.8) is 0 Å². The second-order valence-electron chi connectivity index (χ2n) is 3.49. The Hall–Kier alpha value is -2.07. The van der Waals surface area contributed by atoms with Crippen LogP contribution in [0.4, 0.5) is 5.69 Å². The maximum Gasteiger partial charge on any atom is 0.335 e. The molecule has 1 aromatic rings. The first-order valence-corrected chi connectivity index (χ1v) is 6.26. The zero-order valence-corrected chi connectivity index (χ0v) is 11.5. The van der Waals surface area contributed by atoms with Crippen molar-refractivity contribution in [2.75, 3.05) is 12.9 Å². The van der Waals surface area contributed by atoms with Crippen molar-refractivity contribution in [3.8, 4) is 17.7 Å². The minimum absolute atomic E-state index is 0.0233. The van der Waals surface area contributed by atoms with E-state index in [1.54, 1.807) is 6.92 Å². The number of methoxy groups -OCH3 is 1. The minimum atomic E-state index is -0.545. The molecular weight excluding hydrogens is 268 g/mol. The first-order chi connectivity index (χ1) is 8.97. The van der Waals surface area contributed by atoms with Crippen LogP contribution in [0.25, 0.3) is 0 Å². The molecule has 0 amide bonds. The fraction of sp³-hybridized carbons (Fsp3) is 0.333. The van der Waals surface area contributed by atoms with Gasteiger partial charge in [0.15, 0.2) is 5.12 Å². The van der Waals surface area contributed by atoms with Crippen LogP contribution in [-0.2, 0) is 4.79 Å². The zero-order valence-electron chi connectivity index (χ0n) is 10.7. The average molecular weight is 280 g/mol. The van der Waals surface area contributed by atoms with Gasteiger partial charge in [0, 0.05) is 18.7 Å². The van der Waals surface area contributed by atoms with E-state index >= 15 is 0 Å². The Morgan fingerprint density at radius 2 is 2.32 bits per heavy atom. The van der Waals surface area contributed by atoms with Gasteiger partial charge in [0.1, 0.15) is 0 Å². The monoisotopic (exact) mass is 280 g/mol. The summed E-state index contributed by atoms with van der Waals surface area (Å²) in [6.45, 7) is 3.04. The molecule has 0 unspecified atom stereocenters. The number of carbonyl (C=O) groups is 1. The van der Waals surface area contributed by atoms with Crippen LogP contribution in [0.1, 0.15) is 18.1 Å². The molecule has 0 spiro atoms. The van der Waals surface area contributed by atoms with Crippen LogP contribution in [0.5, 0.6) is 5.88 Å². The number of pyridine rings is 1. The number of aromatic nitrogens is 1. The third-order valence-electron chi connectivity index (χ3n) is 2.22. The summed E-state index contributed by atoms with van der Waals surface area (Å²) in [5.74, 6) is 5.84. The highest BCUT2D eigenvalue weighted by atomic mass is 32.2. The third-order valence-corrected chi connectivity index (χ3v) is 2.91. The van der Waals surface area contributed by atoms with Crippen LogP contribution in [0.15, 0.2) is 6.20 Å². The van der Waals surface area contributed by atoms with Gasteiger partial charge in [0.25, 0.3) is 5.88 Å². The van der Waals surface area contributed by atoms with Gasteiger partial charge in [-0.2, -0.15) is 0 Å². The molecule has 0 saturated heterocycles. The highest BCUT2D eigenvalue weighted by molar-refractivity contribution is 8.13. The van der Waals surface area contributed by atoms with Gasteiger partial charge < -0.3 is 4.74 Å². The van der Waals surface area contributed by atoms with Crippen molar-refractivity contribution in [3.05, 3.63) is 27.4 Å². The Kier molecular flexibility index (Phi) is 5.33. The molecule has 1 aromatic heterocycles. The number of nitro groups is 1. The van der Waals surface area contributed by atoms with Crippen LogP contribution >= 0.6 is 11.8 Å². The Morgan fingerprint density at radius 3 is 2.84 bits per heavy atom. The van der Waals surface area contributed by atoms with E-state index in [1.807, 2.05) is 0 Å². The molecule has 0 N–H and O–H groups in total. The normalized spacial score (nSPS) is 9.42. The second kappa shape index (κ2) is 6.75. The number of carbonyl (C=O) groups excluding carboxylic acids is 1. The smallest absolute Gasteiger partial charge is 0.335 e. The molecule has 0 aromatic carbocycles. The van der Waals surface area contributed by atoms with E-state index < -0.39 is 4.92 Å². The van der Waals surface area contributed by atoms with E-state index in [2.05, 4.69) is 16.8 Å². The molecule has 0 bridgehead atoms. The summed E-state index contributed by atoms with van der Waals surface area (Å²) in [7, 11) is 1.32. The van der Waals surface area contributed by atoms with Gasteiger partial charge in [-0.05, 0) is 6.92 Å². The summed E-state index contributed by atoms with van der Waals surface area (Å²) < 4.78 is 4.85. The van der Waals surface area contributed by atoms with Crippen molar-refractivity contribution in [2.45, 2.75) is 13.8 Å². The van der Waals surface area contributed by atoms with Crippen LogP contribution in [-0.4, -0.2) is 27.9 Å². The molecule has 6 nitrogen and oxygen atoms in total. The molecule has 0 saturated carbocycles. The maximum absolute atomic E-state index is 11.0. The molecule has 1 rings (SSSR count). The lowest BCUT2D eigenvalue weighted by Crippen LogP contribution is -2.00. The lowest BCUT2D eigenvalue weighted by molar-refractivity contribution is -0.386. The lowest BCUT2D eigenvalue weighted by Gasteiger charge is -2.04. The van der Waals surface area contributed by atoms with Gasteiger partial charge in [-0.25, -0.2) is 4.98 Å². The molecule has 0 atom stereocenters. The van der Waals surface area contributed by atoms with E-state index in [4.69, 9.17) is 4.74 Å². The summed E-state index contributed by atoms with van der Waals surface area (Å²) in [4.78, 5) is 25.0. The minimum Gasteiger partial charge on any atom is -0.476 e. The first-order valence-electron chi connectivity index (χ1n) is 5.27. The Morgan fingerprint density at radius 1 is 1.63 bits per heavy atom.